The minimum absolute atomic E-state index is 0.372. The van der Waals surface area contributed by atoms with Crippen LogP contribution in [0.1, 0.15) is 82.9 Å². The van der Waals surface area contributed by atoms with E-state index in [0.29, 0.717) is 97.1 Å². The van der Waals surface area contributed by atoms with Gasteiger partial charge in [0, 0.05) is 0 Å². The van der Waals surface area contributed by atoms with Crippen molar-refractivity contribution in [3.63, 3.8) is 0 Å². The van der Waals surface area contributed by atoms with Crippen molar-refractivity contribution in [1.82, 2.24) is 0 Å². The van der Waals surface area contributed by atoms with Gasteiger partial charge in [-0.2, -0.15) is 0 Å². The van der Waals surface area contributed by atoms with Gasteiger partial charge >= 0.3 is 47.8 Å². The number of rotatable bonds is 17. The molecule has 5 atom stereocenters. The van der Waals surface area contributed by atoms with Crippen molar-refractivity contribution in [3.8, 4) is 138 Å². The fourth-order valence-electron chi connectivity index (χ4n) is 8.95. The lowest BCUT2D eigenvalue weighted by Crippen LogP contribution is -2.63. The molecular formula is C62H44O38. The van der Waals surface area contributed by atoms with Crippen molar-refractivity contribution in [3.05, 3.63) is 142 Å². The zero-order valence-electron chi connectivity index (χ0n) is 49.2. The molecule has 1 aliphatic heterocycles. The summed E-state index contributed by atoms with van der Waals surface area (Å²) in [6, 6.07) is 7.67. The normalized spacial score (nSPS) is 15.5. The summed E-state index contributed by atoms with van der Waals surface area (Å²) in [6.45, 7) is -1.53. The highest BCUT2D eigenvalue weighted by Crippen LogP contribution is 2.45. The van der Waals surface area contributed by atoms with E-state index in [1.54, 1.807) is 0 Å². The Kier molecular flexibility index (Phi) is 19.0. The Morgan fingerprint density at radius 2 is 0.460 bits per heavy atom. The summed E-state index contributed by atoms with van der Waals surface area (Å²) >= 11 is 0. The van der Waals surface area contributed by atoms with Gasteiger partial charge in [0.15, 0.2) is 133 Å². The Morgan fingerprint density at radius 1 is 0.250 bits per heavy atom. The average Bonchev–Trinajstić information content (AvgIpc) is 0.767. The lowest BCUT2D eigenvalue weighted by Gasteiger charge is -2.43. The van der Waals surface area contributed by atoms with E-state index in [2.05, 4.69) is 0 Å². The lowest BCUT2D eigenvalue weighted by atomic mass is 9.97. The Labute approximate surface area is 551 Å². The van der Waals surface area contributed by atoms with Crippen LogP contribution in [0, 0.1) is 0 Å². The van der Waals surface area contributed by atoms with Gasteiger partial charge in [-0.3, -0.25) is 0 Å². The van der Waals surface area contributed by atoms with Crippen LogP contribution in [0.25, 0.3) is 0 Å². The maximum absolute atomic E-state index is 14.9. The van der Waals surface area contributed by atoms with Gasteiger partial charge in [0.2, 0.25) is 29.6 Å². The maximum atomic E-state index is 14.9. The molecule has 38 heteroatoms. The van der Waals surface area contributed by atoms with Crippen molar-refractivity contribution in [2.45, 2.75) is 30.7 Å². The summed E-state index contributed by atoms with van der Waals surface area (Å²) in [4.78, 5) is 112. The summed E-state index contributed by atoms with van der Waals surface area (Å²) in [5, 5.41) is 216. The van der Waals surface area contributed by atoms with Crippen LogP contribution in [-0.2, 0) is 28.4 Å². The molecule has 0 radical (unpaired) electrons. The highest BCUT2D eigenvalue weighted by molar-refractivity contribution is 5.98. The van der Waals surface area contributed by atoms with Gasteiger partial charge in [0.1, 0.15) is 12.7 Å². The molecule has 0 aliphatic carbocycles. The van der Waals surface area contributed by atoms with E-state index in [-0.39, 0.29) is 0 Å². The van der Waals surface area contributed by atoms with Crippen molar-refractivity contribution < 1.29 is 188 Å². The highest BCUT2D eigenvalue weighted by atomic mass is 16.7. The molecule has 1 aliphatic rings. The third-order valence-electron chi connectivity index (χ3n) is 13.9. The van der Waals surface area contributed by atoms with Crippen LogP contribution in [0.3, 0.4) is 0 Å². The van der Waals surface area contributed by atoms with Crippen LogP contribution >= 0.6 is 0 Å². The SMILES string of the molecule is O=C(OC[C@H]1O[C@@H](OC(=O)c2cc(O)c(O)c(O)c2)[C@H](OC(=O)c2cc(O)c(O)c(OC(=O)c3cc(O)c(O)c(O)c3)c2)[C@@H](OC(=O)c2cc(O)c(O)c(OC(=O)c3cc(O)c(O)c(O)c3)c2)[C@H]1OC(=O)c1cc(O)c(O)c(O)c1)c1cc(O)c(O)c(OC(=O)c2cc(O)c(O)c(O)c2)c1. The molecular weight excluding hydrogens is 1350 g/mol. The third-order valence-corrected chi connectivity index (χ3v) is 13.9. The smallest absolute Gasteiger partial charge is 0.343 e. The molecule has 8 aromatic carbocycles. The number of hydrogen-bond donors (Lipinski definition) is 21. The summed E-state index contributed by atoms with van der Waals surface area (Å²) < 4.78 is 49.4. The molecule has 9 rings (SSSR count). The molecule has 21 N–H and O–H groups in total. The monoisotopic (exact) mass is 1400 g/mol. The van der Waals surface area contributed by atoms with E-state index in [0.717, 1.165) is 0 Å². The second-order valence-corrected chi connectivity index (χ2v) is 20.7. The number of phenolic OH excluding ortho intramolecular Hbond substituents is 21. The Balaban J connectivity index is 1.19. The van der Waals surface area contributed by atoms with Crippen LogP contribution in [0.5, 0.6) is 138 Å². The van der Waals surface area contributed by atoms with Crippen molar-refractivity contribution >= 4 is 47.8 Å². The minimum atomic E-state index is -2.89. The number of hydrogen-bond acceptors (Lipinski definition) is 38. The number of carbonyl (C=O) groups excluding carboxylic acids is 8. The van der Waals surface area contributed by atoms with E-state index in [9.17, 15) is 146 Å². The fraction of sp³-hybridized carbons (Fsp3) is 0.0968. The molecule has 38 nitrogen and oxygen atoms in total. The van der Waals surface area contributed by atoms with Crippen LogP contribution < -0.4 is 14.2 Å². The molecule has 0 amide bonds. The molecule has 8 aromatic rings. The largest absolute Gasteiger partial charge is 0.504 e. The summed E-state index contributed by atoms with van der Waals surface area (Å²) in [6.07, 6.45) is -13.9. The average molecular weight is 1400 g/mol. The van der Waals surface area contributed by atoms with Gasteiger partial charge in [-0.15, -0.1) is 0 Å². The first kappa shape index (κ1) is 69.6. The number of ether oxygens (including phenoxy) is 9. The predicted octanol–water partition coefficient (Wildman–Crippen LogP) is 3.58. The molecule has 520 valence electrons. The van der Waals surface area contributed by atoms with Gasteiger partial charge in [0.25, 0.3) is 0 Å². The second kappa shape index (κ2) is 27.3. The van der Waals surface area contributed by atoms with Crippen molar-refractivity contribution in [1.29, 1.82) is 0 Å². The molecule has 0 aromatic heterocycles. The summed E-state index contributed by atoms with van der Waals surface area (Å²) in [5.74, 6) is -42.6. The highest BCUT2D eigenvalue weighted by Gasteiger charge is 2.55. The topological polar surface area (TPSA) is 644 Å². The zero-order valence-corrected chi connectivity index (χ0v) is 49.2. The quantitative estimate of drug-likeness (QED) is 0.0268. The van der Waals surface area contributed by atoms with E-state index in [4.69, 9.17) is 42.6 Å². The van der Waals surface area contributed by atoms with Gasteiger partial charge in [-0.05, 0) is 97.1 Å². The van der Waals surface area contributed by atoms with Crippen molar-refractivity contribution in [2.75, 3.05) is 6.61 Å². The third kappa shape index (κ3) is 14.3. The van der Waals surface area contributed by atoms with Crippen molar-refractivity contribution in [2.24, 2.45) is 0 Å². The molecule has 100 heavy (non-hydrogen) atoms. The van der Waals surface area contributed by atoms with Crippen LogP contribution in [0.2, 0.25) is 0 Å². The Hall–Kier alpha value is -14.7. The van der Waals surface area contributed by atoms with Gasteiger partial charge in [0.05, 0.1) is 44.5 Å². The number of phenols is 21. The summed E-state index contributed by atoms with van der Waals surface area (Å²) in [7, 11) is 0. The zero-order chi connectivity index (χ0) is 73.4. The number of aromatic hydroxyl groups is 21. The Bertz CT molecular complexity index is 4630. The molecule has 1 heterocycles. The molecule has 1 saturated heterocycles. The maximum Gasteiger partial charge on any atom is 0.343 e. The lowest BCUT2D eigenvalue weighted by molar-refractivity contribution is -0.282. The van der Waals surface area contributed by atoms with Gasteiger partial charge < -0.3 is 150 Å². The minimum Gasteiger partial charge on any atom is -0.504 e. The fourth-order valence-corrected chi connectivity index (χ4v) is 8.95. The van der Waals surface area contributed by atoms with Crippen LogP contribution in [0.4, 0.5) is 0 Å². The first-order chi connectivity index (χ1) is 47.0. The van der Waals surface area contributed by atoms with E-state index >= 15 is 0 Å². The van der Waals surface area contributed by atoms with Gasteiger partial charge in [-0.1, -0.05) is 0 Å². The van der Waals surface area contributed by atoms with E-state index in [1.807, 2.05) is 0 Å². The van der Waals surface area contributed by atoms with E-state index in [1.165, 1.54) is 0 Å². The number of carbonyl (C=O) groups is 8. The second-order valence-electron chi connectivity index (χ2n) is 20.7. The molecule has 0 spiro atoms. The predicted molar refractivity (Wildman–Crippen MR) is 313 cm³/mol. The molecule has 1 fully saturated rings. The Morgan fingerprint density at radius 3 is 0.740 bits per heavy atom. The molecule has 0 bridgehead atoms. The van der Waals surface area contributed by atoms with Gasteiger partial charge in [-0.25, -0.2) is 38.4 Å². The molecule has 0 unspecified atom stereocenters. The van der Waals surface area contributed by atoms with Crippen LogP contribution in [-0.4, -0.2) is 192 Å². The van der Waals surface area contributed by atoms with E-state index < -0.39 is 268 Å². The first-order valence-corrected chi connectivity index (χ1v) is 27.3. The number of benzene rings is 8. The summed E-state index contributed by atoms with van der Waals surface area (Å²) in [5.41, 5.74) is -7.27. The number of esters is 8. The molecule has 0 saturated carbocycles. The van der Waals surface area contributed by atoms with Crippen LogP contribution in [0.15, 0.2) is 97.1 Å². The first-order valence-electron chi connectivity index (χ1n) is 27.3. The standard InChI is InChI=1S/C62H44O38/c63-26-1-18(2-27(64)43(26)76)55(85)93-39-14-23(11-36(73)48(39)81)54(84)92-17-42-51(97-58(88)21-7-32(69)46(79)33(70)8-21)52(98-59(89)24-12-37(74)49(82)40(15-24)94-56(86)19-3-28(65)44(77)29(66)4-19)53(62(96-42)100-61(91)22-9-34(71)47(80)35(72)10-22)99-60(90)25-13-38(75)50(83)41(16-25)95-57(87)20-5-30(67)45(78)31(68)6-20/h1-16,42,51-53,62-83H,17H2/t42-,51+,52+,53-,62+/m1/s1.